The first-order valence-electron chi connectivity index (χ1n) is 6.59. The number of carboxylic acid groups (broad SMARTS) is 1. The molecule has 0 spiro atoms. The summed E-state index contributed by atoms with van der Waals surface area (Å²) in [6.07, 6.45) is 1.90. The molecule has 0 aromatic rings. The maximum Gasteiger partial charge on any atom is 0.322 e. The van der Waals surface area contributed by atoms with Crippen molar-refractivity contribution >= 4 is 26.2 Å². The molecule has 2 heterocycles. The summed E-state index contributed by atoms with van der Waals surface area (Å²) in [5.41, 5.74) is 0. The number of carbonyl (C=O) groups is 1. The molecule has 0 saturated carbocycles. The molecule has 0 amide bonds. The Hall–Kier alpha value is -0.750. The average molecular weight is 341 g/mol. The fourth-order valence-electron chi connectivity index (χ4n) is 2.64. The Bertz CT molecular complexity index is 609. The zero-order chi connectivity index (χ0) is 15.8. The van der Waals surface area contributed by atoms with Crippen LogP contribution in [-0.2, 0) is 25.0 Å². The molecule has 1 atom stereocenters. The van der Waals surface area contributed by atoms with E-state index < -0.39 is 32.2 Å². The Labute approximate surface area is 124 Å². The molecular weight excluding hydrogens is 322 g/mol. The molecule has 0 radical (unpaired) electrons. The van der Waals surface area contributed by atoms with Crippen molar-refractivity contribution in [3.63, 3.8) is 0 Å². The maximum absolute atomic E-state index is 12.5. The molecule has 0 bridgehead atoms. The molecule has 2 fully saturated rings. The van der Waals surface area contributed by atoms with E-state index in [0.717, 1.165) is 14.9 Å². The highest BCUT2D eigenvalue weighted by atomic mass is 32.2. The lowest BCUT2D eigenvalue weighted by Crippen LogP contribution is -2.55. The Kier molecular flexibility index (Phi) is 4.59. The van der Waals surface area contributed by atoms with E-state index >= 15 is 0 Å². The summed E-state index contributed by atoms with van der Waals surface area (Å²) in [5.74, 6) is -1.15. The lowest BCUT2D eigenvalue weighted by molar-refractivity contribution is -0.140. The van der Waals surface area contributed by atoms with Crippen LogP contribution in [0, 0.1) is 0 Å². The third-order valence-corrected chi connectivity index (χ3v) is 7.13. The van der Waals surface area contributed by atoms with Gasteiger partial charge in [-0.2, -0.15) is 21.3 Å². The second-order valence-corrected chi connectivity index (χ2v) is 9.04. The molecule has 1 N–H and O–H groups in total. The summed E-state index contributed by atoms with van der Waals surface area (Å²) >= 11 is 0. The summed E-state index contributed by atoms with van der Waals surface area (Å²) < 4.78 is 51.2. The van der Waals surface area contributed by atoms with Crippen molar-refractivity contribution in [3.05, 3.63) is 0 Å². The van der Waals surface area contributed by atoms with E-state index in [1.54, 1.807) is 0 Å². The Morgan fingerprint density at radius 3 is 2.00 bits per heavy atom. The van der Waals surface area contributed by atoms with Gasteiger partial charge >= 0.3 is 5.97 Å². The van der Waals surface area contributed by atoms with Gasteiger partial charge in [-0.05, 0) is 12.8 Å². The van der Waals surface area contributed by atoms with Crippen LogP contribution in [0.3, 0.4) is 0 Å². The van der Waals surface area contributed by atoms with Crippen molar-refractivity contribution in [2.24, 2.45) is 0 Å². The molecule has 9 nitrogen and oxygen atoms in total. The Morgan fingerprint density at radius 1 is 1.00 bits per heavy atom. The van der Waals surface area contributed by atoms with Crippen LogP contribution in [0.4, 0.5) is 0 Å². The number of rotatable bonds is 4. The van der Waals surface area contributed by atoms with E-state index in [9.17, 15) is 21.6 Å². The van der Waals surface area contributed by atoms with Crippen LogP contribution in [0.1, 0.15) is 12.8 Å². The number of carboxylic acids is 1. The molecule has 0 aromatic carbocycles. The minimum atomic E-state index is -3.86. The SMILES string of the molecule is CS(=O)(=O)N1CCN(S(=O)(=O)N2CCCC2C(=O)O)CC1. The van der Waals surface area contributed by atoms with Gasteiger partial charge in [0.15, 0.2) is 0 Å². The molecule has 0 aliphatic carbocycles. The van der Waals surface area contributed by atoms with Gasteiger partial charge in [0.2, 0.25) is 10.0 Å². The number of hydrogen-bond acceptors (Lipinski definition) is 5. The molecule has 21 heavy (non-hydrogen) atoms. The highest BCUT2D eigenvalue weighted by Crippen LogP contribution is 2.24. The molecule has 0 aromatic heterocycles. The van der Waals surface area contributed by atoms with Crippen LogP contribution in [0.25, 0.3) is 0 Å². The molecule has 11 heteroatoms. The number of nitrogens with zero attached hydrogens (tertiary/aromatic N) is 3. The minimum Gasteiger partial charge on any atom is -0.480 e. The third kappa shape index (κ3) is 3.37. The van der Waals surface area contributed by atoms with Crippen molar-refractivity contribution in [1.29, 1.82) is 0 Å². The average Bonchev–Trinajstić information content (AvgIpc) is 2.88. The zero-order valence-electron chi connectivity index (χ0n) is 11.7. The number of piperazine rings is 1. The van der Waals surface area contributed by atoms with Gasteiger partial charge in [0.05, 0.1) is 6.26 Å². The van der Waals surface area contributed by atoms with Gasteiger partial charge in [-0.25, -0.2) is 8.42 Å². The van der Waals surface area contributed by atoms with Gasteiger partial charge in [-0.3, -0.25) is 4.79 Å². The van der Waals surface area contributed by atoms with E-state index in [0.29, 0.717) is 12.8 Å². The van der Waals surface area contributed by atoms with Gasteiger partial charge in [0.1, 0.15) is 6.04 Å². The lowest BCUT2D eigenvalue weighted by Gasteiger charge is -2.35. The largest absolute Gasteiger partial charge is 0.480 e. The van der Waals surface area contributed by atoms with Gasteiger partial charge < -0.3 is 5.11 Å². The molecule has 2 saturated heterocycles. The molecule has 2 aliphatic rings. The number of aliphatic carboxylic acids is 1. The van der Waals surface area contributed by atoms with Crippen molar-refractivity contribution in [2.75, 3.05) is 39.0 Å². The van der Waals surface area contributed by atoms with Gasteiger partial charge in [0.25, 0.3) is 10.2 Å². The van der Waals surface area contributed by atoms with Crippen LogP contribution in [0.15, 0.2) is 0 Å². The topological polar surface area (TPSA) is 115 Å². The highest BCUT2D eigenvalue weighted by molar-refractivity contribution is 7.88. The van der Waals surface area contributed by atoms with Crippen LogP contribution in [-0.4, -0.2) is 85.8 Å². The fourth-order valence-corrected chi connectivity index (χ4v) is 5.27. The standard InChI is InChI=1S/C10H19N3O6S2/c1-20(16,17)11-5-7-12(8-6-11)21(18,19)13-4-2-3-9(13)10(14)15/h9H,2-8H2,1H3,(H,14,15). The van der Waals surface area contributed by atoms with Gasteiger partial charge in [0, 0.05) is 32.7 Å². The van der Waals surface area contributed by atoms with Crippen LogP contribution < -0.4 is 0 Å². The van der Waals surface area contributed by atoms with Crippen LogP contribution in [0.5, 0.6) is 0 Å². The van der Waals surface area contributed by atoms with Crippen molar-refractivity contribution in [1.82, 2.24) is 12.9 Å². The Morgan fingerprint density at radius 2 is 1.52 bits per heavy atom. The van der Waals surface area contributed by atoms with Gasteiger partial charge in [-0.1, -0.05) is 0 Å². The lowest BCUT2D eigenvalue weighted by atomic mass is 10.2. The van der Waals surface area contributed by atoms with Crippen molar-refractivity contribution in [3.8, 4) is 0 Å². The number of sulfonamides is 1. The third-order valence-electron chi connectivity index (χ3n) is 3.78. The molecule has 2 rings (SSSR count). The summed E-state index contributed by atoms with van der Waals surface area (Å²) in [4.78, 5) is 11.1. The summed E-state index contributed by atoms with van der Waals surface area (Å²) in [6.45, 7) is 0.440. The second-order valence-electron chi connectivity index (χ2n) is 5.18. The zero-order valence-corrected chi connectivity index (χ0v) is 13.3. The van der Waals surface area contributed by atoms with Crippen LogP contribution in [0.2, 0.25) is 0 Å². The maximum atomic E-state index is 12.5. The quantitative estimate of drug-likeness (QED) is 0.655. The summed E-state index contributed by atoms with van der Waals surface area (Å²) in [5, 5.41) is 9.08. The van der Waals surface area contributed by atoms with E-state index in [1.807, 2.05) is 0 Å². The minimum absolute atomic E-state index is 0.0399. The molecule has 1 unspecified atom stereocenters. The summed E-state index contributed by atoms with van der Waals surface area (Å²) in [7, 11) is -7.19. The summed E-state index contributed by atoms with van der Waals surface area (Å²) in [6, 6.07) is -1.03. The van der Waals surface area contributed by atoms with Crippen molar-refractivity contribution < 1.29 is 26.7 Å². The van der Waals surface area contributed by atoms with E-state index in [1.165, 1.54) is 4.31 Å². The smallest absolute Gasteiger partial charge is 0.322 e. The van der Waals surface area contributed by atoms with E-state index in [4.69, 9.17) is 5.11 Å². The first-order valence-corrected chi connectivity index (χ1v) is 9.83. The first kappa shape index (κ1) is 16.6. The molecule has 2 aliphatic heterocycles. The first-order chi connectivity index (χ1) is 9.64. The monoisotopic (exact) mass is 341 g/mol. The van der Waals surface area contributed by atoms with Crippen LogP contribution >= 0.6 is 0 Å². The Balaban J connectivity index is 2.10. The molecule has 122 valence electrons. The predicted molar refractivity (Wildman–Crippen MR) is 74.3 cm³/mol. The fraction of sp³-hybridized carbons (Fsp3) is 0.900. The number of hydrogen-bond donors (Lipinski definition) is 1. The second kappa shape index (κ2) is 5.80. The van der Waals surface area contributed by atoms with E-state index in [-0.39, 0.29) is 32.7 Å². The van der Waals surface area contributed by atoms with Crippen molar-refractivity contribution in [2.45, 2.75) is 18.9 Å². The predicted octanol–water partition coefficient (Wildman–Crippen LogP) is -1.64. The normalized spacial score (nSPS) is 27.0. The molecular formula is C10H19N3O6S2. The van der Waals surface area contributed by atoms with E-state index in [2.05, 4.69) is 0 Å². The van der Waals surface area contributed by atoms with Gasteiger partial charge in [-0.15, -0.1) is 0 Å². The highest BCUT2D eigenvalue weighted by Gasteiger charge is 2.42.